The molecule has 1 N–H and O–H groups in total. The van der Waals surface area contributed by atoms with Crippen LogP contribution in [0.3, 0.4) is 0 Å². The van der Waals surface area contributed by atoms with E-state index < -0.39 is 0 Å². The van der Waals surface area contributed by atoms with Crippen LogP contribution in [-0.4, -0.2) is 43.0 Å². The average molecular weight is 350 g/mol. The lowest BCUT2D eigenvalue weighted by atomic mass is 9.96. The van der Waals surface area contributed by atoms with Gasteiger partial charge < -0.3 is 15.0 Å². The number of likely N-dealkylation sites (tertiary alicyclic amines) is 1. The summed E-state index contributed by atoms with van der Waals surface area (Å²) in [6.45, 7) is 5.14. The minimum absolute atomic E-state index is 0.0216. The van der Waals surface area contributed by atoms with E-state index in [4.69, 9.17) is 4.74 Å². The lowest BCUT2D eigenvalue weighted by molar-refractivity contribution is -0.126. The zero-order valence-corrected chi connectivity index (χ0v) is 15.5. The topological polar surface area (TPSA) is 58.6 Å². The Kier molecular flexibility index (Phi) is 5.13. The molecule has 132 valence electrons. The maximum atomic E-state index is 13.0. The van der Waals surface area contributed by atoms with Gasteiger partial charge in [0.25, 0.3) is 5.91 Å². The second-order valence-electron chi connectivity index (χ2n) is 6.97. The van der Waals surface area contributed by atoms with Gasteiger partial charge in [0.1, 0.15) is 10.6 Å². The highest BCUT2D eigenvalue weighted by molar-refractivity contribution is 7.14. The van der Waals surface area contributed by atoms with Gasteiger partial charge in [-0.1, -0.05) is 0 Å². The zero-order valence-electron chi connectivity index (χ0n) is 14.7. The Morgan fingerprint density at radius 1 is 1.29 bits per heavy atom. The molecule has 0 spiro atoms. The molecule has 2 aliphatic rings. The van der Waals surface area contributed by atoms with Gasteiger partial charge in [-0.3, -0.25) is 9.59 Å². The predicted molar refractivity (Wildman–Crippen MR) is 94.8 cm³/mol. The van der Waals surface area contributed by atoms with E-state index in [0.717, 1.165) is 44.4 Å². The molecule has 5 nitrogen and oxygen atoms in total. The molecule has 1 aromatic heterocycles. The Morgan fingerprint density at radius 2 is 2.08 bits per heavy atom. The highest BCUT2D eigenvalue weighted by Gasteiger charge is 2.33. The van der Waals surface area contributed by atoms with E-state index in [1.54, 1.807) is 18.4 Å². The van der Waals surface area contributed by atoms with Gasteiger partial charge in [0.2, 0.25) is 5.91 Å². The molecule has 1 aliphatic carbocycles. The van der Waals surface area contributed by atoms with Crippen LogP contribution in [-0.2, 0) is 17.6 Å². The van der Waals surface area contributed by atoms with Crippen LogP contribution in [0.2, 0.25) is 0 Å². The van der Waals surface area contributed by atoms with Crippen molar-refractivity contribution in [3.05, 3.63) is 15.3 Å². The number of fused-ring (bicyclic) bond motifs is 1. The first-order valence-electron chi connectivity index (χ1n) is 8.79. The Morgan fingerprint density at radius 3 is 2.79 bits per heavy atom. The van der Waals surface area contributed by atoms with Crippen molar-refractivity contribution in [1.82, 2.24) is 10.2 Å². The molecule has 0 saturated carbocycles. The van der Waals surface area contributed by atoms with Crippen molar-refractivity contribution in [2.75, 3.05) is 20.2 Å². The maximum absolute atomic E-state index is 13.0. The Balaban J connectivity index is 1.74. The van der Waals surface area contributed by atoms with Gasteiger partial charge in [-0.25, -0.2) is 0 Å². The van der Waals surface area contributed by atoms with Crippen LogP contribution in [0.4, 0.5) is 0 Å². The quantitative estimate of drug-likeness (QED) is 0.908. The molecule has 6 heteroatoms. The van der Waals surface area contributed by atoms with Crippen LogP contribution < -0.4 is 10.1 Å². The first-order chi connectivity index (χ1) is 11.5. The number of piperidine rings is 1. The first kappa shape index (κ1) is 17.3. The number of methoxy groups -OCH3 is 1. The molecule has 1 fully saturated rings. The molecule has 24 heavy (non-hydrogen) atoms. The number of carbonyl (C=O) groups is 2. The van der Waals surface area contributed by atoms with Gasteiger partial charge in [0.15, 0.2) is 0 Å². The zero-order chi connectivity index (χ0) is 17.3. The highest BCUT2D eigenvalue weighted by atomic mass is 32.1. The second kappa shape index (κ2) is 7.13. The summed E-state index contributed by atoms with van der Waals surface area (Å²) in [5.74, 6) is 0.741. The first-order valence-corrected chi connectivity index (χ1v) is 9.61. The molecular weight excluding hydrogens is 324 g/mol. The third kappa shape index (κ3) is 3.29. The monoisotopic (exact) mass is 350 g/mol. The standard InChI is InChI=1S/C18H26N2O3S/c1-11(2)19-17(21)12-6-5-9-20(10-12)18(22)16-15(23-3)13-7-4-8-14(13)24-16/h11-12H,4-10H2,1-3H3,(H,19,21). The lowest BCUT2D eigenvalue weighted by Crippen LogP contribution is -2.46. The molecule has 2 amide bonds. The van der Waals surface area contributed by atoms with Crippen molar-refractivity contribution in [1.29, 1.82) is 0 Å². The van der Waals surface area contributed by atoms with Crippen LogP contribution >= 0.6 is 11.3 Å². The van der Waals surface area contributed by atoms with Crippen LogP contribution in [0, 0.1) is 5.92 Å². The van der Waals surface area contributed by atoms with Gasteiger partial charge in [0.05, 0.1) is 13.0 Å². The molecule has 1 aliphatic heterocycles. The Labute approximate surface area is 147 Å². The summed E-state index contributed by atoms with van der Waals surface area (Å²) < 4.78 is 5.55. The van der Waals surface area contributed by atoms with Gasteiger partial charge in [-0.15, -0.1) is 11.3 Å². The third-order valence-corrected chi connectivity index (χ3v) is 6.04. The highest BCUT2D eigenvalue weighted by Crippen LogP contribution is 2.41. The average Bonchev–Trinajstić information content (AvgIpc) is 3.14. The maximum Gasteiger partial charge on any atom is 0.267 e. The van der Waals surface area contributed by atoms with Crippen molar-refractivity contribution in [3.8, 4) is 5.75 Å². The molecule has 3 rings (SSSR count). The number of nitrogens with one attached hydrogen (secondary N) is 1. The SMILES string of the molecule is COc1c(C(=O)N2CCCC(C(=O)NC(C)C)C2)sc2c1CCC2. The Bertz CT molecular complexity index is 638. The number of hydrogen-bond acceptors (Lipinski definition) is 4. The van der Waals surface area contributed by atoms with E-state index in [9.17, 15) is 9.59 Å². The number of aryl methyl sites for hydroxylation is 1. The van der Waals surface area contributed by atoms with Crippen LogP contribution in [0.1, 0.15) is 53.2 Å². The fourth-order valence-corrected chi connectivity index (χ4v) is 4.98. The van der Waals surface area contributed by atoms with Crippen molar-refractivity contribution in [2.45, 2.75) is 52.0 Å². The van der Waals surface area contributed by atoms with Crippen molar-refractivity contribution >= 4 is 23.2 Å². The number of ether oxygens (including phenoxy) is 1. The number of hydrogen-bond donors (Lipinski definition) is 1. The smallest absolute Gasteiger partial charge is 0.267 e. The molecule has 0 aromatic carbocycles. The number of carbonyl (C=O) groups excluding carboxylic acids is 2. The summed E-state index contributed by atoms with van der Waals surface area (Å²) in [6.07, 6.45) is 4.91. The lowest BCUT2D eigenvalue weighted by Gasteiger charge is -2.32. The summed E-state index contributed by atoms with van der Waals surface area (Å²) in [5, 5.41) is 2.97. The third-order valence-electron chi connectivity index (χ3n) is 4.78. The minimum atomic E-state index is -0.108. The normalized spacial score (nSPS) is 20.2. The summed E-state index contributed by atoms with van der Waals surface area (Å²) in [7, 11) is 1.65. The van der Waals surface area contributed by atoms with Gasteiger partial charge in [0, 0.05) is 29.6 Å². The minimum Gasteiger partial charge on any atom is -0.495 e. The number of rotatable bonds is 4. The summed E-state index contributed by atoms with van der Waals surface area (Å²) in [5.41, 5.74) is 1.22. The van der Waals surface area contributed by atoms with Gasteiger partial charge in [-0.2, -0.15) is 0 Å². The summed E-state index contributed by atoms with van der Waals surface area (Å²) in [6, 6.07) is 0.129. The molecule has 1 saturated heterocycles. The van der Waals surface area contributed by atoms with Crippen LogP contribution in [0.15, 0.2) is 0 Å². The van der Waals surface area contributed by atoms with E-state index in [1.807, 2.05) is 18.7 Å². The van der Waals surface area contributed by atoms with Crippen LogP contribution in [0.5, 0.6) is 5.75 Å². The summed E-state index contributed by atoms with van der Waals surface area (Å²) in [4.78, 5) is 29.1. The van der Waals surface area contributed by atoms with Crippen molar-refractivity contribution in [3.63, 3.8) is 0 Å². The van der Waals surface area contributed by atoms with Crippen molar-refractivity contribution < 1.29 is 14.3 Å². The molecule has 0 bridgehead atoms. The molecule has 1 aromatic rings. The van der Waals surface area contributed by atoms with Gasteiger partial charge >= 0.3 is 0 Å². The molecule has 1 atom stereocenters. The van der Waals surface area contributed by atoms with E-state index in [1.165, 1.54) is 10.4 Å². The summed E-state index contributed by atoms with van der Waals surface area (Å²) >= 11 is 1.58. The van der Waals surface area contributed by atoms with E-state index in [2.05, 4.69) is 5.32 Å². The van der Waals surface area contributed by atoms with E-state index >= 15 is 0 Å². The van der Waals surface area contributed by atoms with E-state index in [0.29, 0.717) is 11.4 Å². The molecule has 2 heterocycles. The van der Waals surface area contributed by atoms with Gasteiger partial charge in [-0.05, 0) is 46.0 Å². The second-order valence-corrected chi connectivity index (χ2v) is 8.08. The Hall–Kier alpha value is -1.56. The molecular formula is C18H26N2O3S. The number of thiophene rings is 1. The fourth-order valence-electron chi connectivity index (χ4n) is 3.65. The predicted octanol–water partition coefficient (Wildman–Crippen LogP) is 2.62. The fraction of sp³-hybridized carbons (Fsp3) is 0.667. The number of amides is 2. The van der Waals surface area contributed by atoms with Crippen molar-refractivity contribution in [2.24, 2.45) is 5.92 Å². The molecule has 0 radical (unpaired) electrons. The van der Waals surface area contributed by atoms with Crippen LogP contribution in [0.25, 0.3) is 0 Å². The van der Waals surface area contributed by atoms with E-state index in [-0.39, 0.29) is 23.8 Å². The number of nitrogens with zero attached hydrogens (tertiary/aromatic N) is 1. The largest absolute Gasteiger partial charge is 0.495 e. The molecule has 1 unspecified atom stereocenters.